The quantitative estimate of drug-likeness (QED) is 0.855. The molecule has 1 aliphatic heterocycles. The van der Waals surface area contributed by atoms with Crippen molar-refractivity contribution in [3.05, 3.63) is 11.9 Å². The van der Waals surface area contributed by atoms with Crippen LogP contribution in [0, 0.1) is 5.92 Å². The van der Waals surface area contributed by atoms with Gasteiger partial charge < -0.3 is 5.32 Å². The lowest BCUT2D eigenvalue weighted by atomic mass is 9.89. The summed E-state index contributed by atoms with van der Waals surface area (Å²) >= 11 is 0. The van der Waals surface area contributed by atoms with Crippen molar-refractivity contribution < 1.29 is 9.18 Å². The highest BCUT2D eigenvalue weighted by Crippen LogP contribution is 2.29. The molecule has 2 fully saturated rings. The zero-order valence-electron chi connectivity index (χ0n) is 15.3. The van der Waals surface area contributed by atoms with Crippen LogP contribution in [0.1, 0.15) is 62.9 Å². The van der Waals surface area contributed by atoms with Crippen LogP contribution in [0.3, 0.4) is 0 Å². The van der Waals surface area contributed by atoms with E-state index in [2.05, 4.69) is 20.5 Å². The monoisotopic (exact) mass is 351 g/mol. The van der Waals surface area contributed by atoms with Gasteiger partial charge in [-0.25, -0.2) is 4.39 Å². The Morgan fingerprint density at radius 1 is 1.32 bits per heavy atom. The van der Waals surface area contributed by atoms with Gasteiger partial charge in [0.05, 0.1) is 12.7 Å². The second-order valence-electron chi connectivity index (χ2n) is 7.90. The maximum absolute atomic E-state index is 14.0. The van der Waals surface area contributed by atoms with Gasteiger partial charge in [0.15, 0.2) is 5.69 Å². The fourth-order valence-electron chi connectivity index (χ4n) is 4.08. The fraction of sp³-hybridized carbons (Fsp3) is 0.833. The first-order chi connectivity index (χ1) is 12.0. The normalized spacial score (nSPS) is 25.6. The standard InChI is InChI=1S/C18H30FN5O/c1-13(2)20-18(25)17-12-24(22-21-17)11-16-8-15(19)10-23(16)9-14-6-4-3-5-7-14/h12-16H,3-11H2,1-2H3,(H,20,25)/t15-,16-/m0/s1. The fourth-order valence-corrected chi connectivity index (χ4v) is 4.08. The molecule has 1 N–H and O–H groups in total. The van der Waals surface area contributed by atoms with E-state index in [1.807, 2.05) is 13.8 Å². The van der Waals surface area contributed by atoms with Gasteiger partial charge in [0, 0.05) is 25.2 Å². The largest absolute Gasteiger partial charge is 0.348 e. The average Bonchev–Trinajstić information content (AvgIpc) is 3.15. The highest BCUT2D eigenvalue weighted by atomic mass is 19.1. The summed E-state index contributed by atoms with van der Waals surface area (Å²) in [6.45, 7) is 5.92. The maximum atomic E-state index is 14.0. The van der Waals surface area contributed by atoms with Crippen molar-refractivity contribution in [2.24, 2.45) is 5.92 Å². The highest BCUT2D eigenvalue weighted by molar-refractivity contribution is 5.91. The van der Waals surface area contributed by atoms with Crippen molar-refractivity contribution in [3.63, 3.8) is 0 Å². The minimum Gasteiger partial charge on any atom is -0.348 e. The van der Waals surface area contributed by atoms with E-state index < -0.39 is 6.17 Å². The molecule has 6 nitrogen and oxygen atoms in total. The van der Waals surface area contributed by atoms with Crippen LogP contribution in [0.25, 0.3) is 0 Å². The Balaban J connectivity index is 1.58. The molecule has 3 rings (SSSR count). The molecule has 140 valence electrons. The van der Waals surface area contributed by atoms with Crippen molar-refractivity contribution >= 4 is 5.91 Å². The molecular weight excluding hydrogens is 321 g/mol. The number of hydrogen-bond donors (Lipinski definition) is 1. The summed E-state index contributed by atoms with van der Waals surface area (Å²) in [5, 5.41) is 10.8. The van der Waals surface area contributed by atoms with E-state index in [9.17, 15) is 9.18 Å². The van der Waals surface area contributed by atoms with E-state index >= 15 is 0 Å². The van der Waals surface area contributed by atoms with Crippen LogP contribution in [0.15, 0.2) is 6.20 Å². The van der Waals surface area contributed by atoms with Crippen molar-refractivity contribution in [1.82, 2.24) is 25.2 Å². The summed E-state index contributed by atoms with van der Waals surface area (Å²) < 4.78 is 15.7. The van der Waals surface area contributed by atoms with Gasteiger partial charge in [-0.2, -0.15) is 0 Å². The summed E-state index contributed by atoms with van der Waals surface area (Å²) in [5.74, 6) is 0.486. The molecule has 1 amide bonds. The van der Waals surface area contributed by atoms with Gasteiger partial charge in [0.2, 0.25) is 0 Å². The molecule has 0 aromatic carbocycles. The lowest BCUT2D eigenvalue weighted by Gasteiger charge is -2.30. The van der Waals surface area contributed by atoms with Crippen molar-refractivity contribution in [2.45, 2.75) is 77.2 Å². The molecule has 2 atom stereocenters. The van der Waals surface area contributed by atoms with Gasteiger partial charge >= 0.3 is 0 Å². The Hall–Kier alpha value is -1.50. The van der Waals surface area contributed by atoms with E-state index in [0.29, 0.717) is 31.1 Å². The van der Waals surface area contributed by atoms with Crippen LogP contribution in [-0.2, 0) is 6.54 Å². The molecule has 1 saturated carbocycles. The number of carbonyl (C=O) groups is 1. The number of aromatic nitrogens is 3. The zero-order chi connectivity index (χ0) is 17.8. The minimum atomic E-state index is -0.763. The van der Waals surface area contributed by atoms with Crippen LogP contribution >= 0.6 is 0 Å². The van der Waals surface area contributed by atoms with Crippen LogP contribution in [0.2, 0.25) is 0 Å². The summed E-state index contributed by atoms with van der Waals surface area (Å²) in [5.41, 5.74) is 0.322. The molecule has 1 aromatic rings. The Labute approximate surface area is 149 Å². The first-order valence-electron chi connectivity index (χ1n) is 9.60. The van der Waals surface area contributed by atoms with Gasteiger partial charge in [-0.15, -0.1) is 5.10 Å². The molecule has 2 aliphatic rings. The molecule has 0 spiro atoms. The van der Waals surface area contributed by atoms with E-state index in [4.69, 9.17) is 0 Å². The molecule has 1 aromatic heterocycles. The first kappa shape index (κ1) is 18.3. The number of alkyl halides is 1. The number of amides is 1. The second kappa shape index (κ2) is 8.25. The van der Waals surface area contributed by atoms with E-state index in [1.54, 1.807) is 10.9 Å². The Morgan fingerprint density at radius 3 is 2.80 bits per heavy atom. The summed E-state index contributed by atoms with van der Waals surface area (Å²) in [6.07, 6.45) is 7.93. The first-order valence-corrected chi connectivity index (χ1v) is 9.60. The summed E-state index contributed by atoms with van der Waals surface area (Å²) in [6, 6.07) is 0.199. The Morgan fingerprint density at radius 2 is 2.08 bits per heavy atom. The molecule has 0 unspecified atom stereocenters. The molecule has 7 heteroatoms. The summed E-state index contributed by atoms with van der Waals surface area (Å²) in [7, 11) is 0. The smallest absolute Gasteiger partial charge is 0.273 e. The van der Waals surface area contributed by atoms with Gasteiger partial charge in [-0.05, 0) is 39.0 Å². The van der Waals surface area contributed by atoms with E-state index in [0.717, 1.165) is 6.54 Å². The highest BCUT2D eigenvalue weighted by Gasteiger charge is 2.34. The predicted octanol–water partition coefficient (Wildman–Crippen LogP) is 2.41. The maximum Gasteiger partial charge on any atom is 0.273 e. The SMILES string of the molecule is CC(C)NC(=O)c1cn(C[C@@H]2C[C@H](F)CN2CC2CCCCC2)nn1. The van der Waals surface area contributed by atoms with Gasteiger partial charge in [0.25, 0.3) is 5.91 Å². The molecule has 1 aliphatic carbocycles. The van der Waals surface area contributed by atoms with Crippen molar-refractivity contribution in [1.29, 1.82) is 0 Å². The lowest BCUT2D eigenvalue weighted by Crippen LogP contribution is -2.37. The number of halogens is 1. The minimum absolute atomic E-state index is 0.0609. The molecule has 2 heterocycles. The van der Waals surface area contributed by atoms with Crippen LogP contribution in [-0.4, -0.2) is 57.1 Å². The average molecular weight is 351 g/mol. The van der Waals surface area contributed by atoms with Crippen LogP contribution < -0.4 is 5.32 Å². The topological polar surface area (TPSA) is 63.1 Å². The second-order valence-corrected chi connectivity index (χ2v) is 7.90. The lowest BCUT2D eigenvalue weighted by molar-refractivity contribution is 0.0938. The van der Waals surface area contributed by atoms with Crippen LogP contribution in [0.4, 0.5) is 4.39 Å². The van der Waals surface area contributed by atoms with E-state index in [-0.39, 0.29) is 18.0 Å². The number of nitrogens with zero attached hydrogens (tertiary/aromatic N) is 4. The van der Waals surface area contributed by atoms with Crippen molar-refractivity contribution in [2.75, 3.05) is 13.1 Å². The third kappa shape index (κ3) is 5.00. The molecule has 0 bridgehead atoms. The molecule has 25 heavy (non-hydrogen) atoms. The Kier molecular flexibility index (Phi) is 6.04. The molecular formula is C18H30FN5O. The number of likely N-dealkylation sites (tertiary alicyclic amines) is 1. The van der Waals surface area contributed by atoms with E-state index in [1.165, 1.54) is 32.1 Å². The third-order valence-electron chi connectivity index (χ3n) is 5.28. The number of hydrogen-bond acceptors (Lipinski definition) is 4. The number of rotatable bonds is 6. The van der Waals surface area contributed by atoms with Crippen LogP contribution in [0.5, 0.6) is 0 Å². The summed E-state index contributed by atoms with van der Waals surface area (Å²) in [4.78, 5) is 14.3. The van der Waals surface area contributed by atoms with Gasteiger partial charge in [-0.3, -0.25) is 14.4 Å². The zero-order valence-corrected chi connectivity index (χ0v) is 15.3. The third-order valence-corrected chi connectivity index (χ3v) is 5.28. The predicted molar refractivity (Wildman–Crippen MR) is 94.1 cm³/mol. The number of nitrogens with one attached hydrogen (secondary N) is 1. The van der Waals surface area contributed by atoms with Gasteiger partial charge in [0.1, 0.15) is 6.17 Å². The molecule has 1 saturated heterocycles. The Bertz CT molecular complexity index is 570. The van der Waals surface area contributed by atoms with Gasteiger partial charge in [-0.1, -0.05) is 24.5 Å². The van der Waals surface area contributed by atoms with Crippen molar-refractivity contribution in [3.8, 4) is 0 Å². The molecule has 0 radical (unpaired) electrons. The number of carbonyl (C=O) groups excluding carboxylic acids is 1.